The van der Waals surface area contributed by atoms with Gasteiger partial charge in [-0.2, -0.15) is 0 Å². The van der Waals surface area contributed by atoms with Crippen LogP contribution in [-0.4, -0.2) is 19.7 Å². The van der Waals surface area contributed by atoms with Gasteiger partial charge in [0, 0.05) is 12.3 Å². The SMILES string of the molecule is CCOc1ccccc1N/C=C/C(=O)OC. The fourth-order valence-electron chi connectivity index (χ4n) is 1.13. The van der Waals surface area contributed by atoms with Gasteiger partial charge in [-0.1, -0.05) is 12.1 Å². The van der Waals surface area contributed by atoms with Crippen LogP contribution < -0.4 is 10.1 Å². The molecular formula is C12H15NO3. The summed E-state index contributed by atoms with van der Waals surface area (Å²) in [5.41, 5.74) is 0.810. The average Bonchev–Trinajstić information content (AvgIpc) is 2.31. The Balaban J connectivity index is 2.65. The van der Waals surface area contributed by atoms with E-state index in [1.807, 2.05) is 31.2 Å². The highest BCUT2D eigenvalue weighted by Gasteiger charge is 1.99. The van der Waals surface area contributed by atoms with Crippen molar-refractivity contribution < 1.29 is 14.3 Å². The molecule has 0 saturated heterocycles. The van der Waals surface area contributed by atoms with Crippen LogP contribution in [0, 0.1) is 0 Å². The molecule has 1 aromatic rings. The van der Waals surface area contributed by atoms with Gasteiger partial charge >= 0.3 is 5.97 Å². The van der Waals surface area contributed by atoms with Crippen molar-refractivity contribution in [3.05, 3.63) is 36.5 Å². The van der Waals surface area contributed by atoms with E-state index < -0.39 is 5.97 Å². The first kappa shape index (κ1) is 12.1. The summed E-state index contributed by atoms with van der Waals surface area (Å²) in [5.74, 6) is 0.348. The maximum absolute atomic E-state index is 10.8. The molecule has 0 aliphatic carbocycles. The van der Waals surface area contributed by atoms with E-state index in [1.54, 1.807) is 0 Å². The van der Waals surface area contributed by atoms with Gasteiger partial charge in [-0.25, -0.2) is 4.79 Å². The molecule has 0 amide bonds. The summed E-state index contributed by atoms with van der Waals surface area (Å²) < 4.78 is 9.88. The standard InChI is InChI=1S/C12H15NO3/c1-3-16-11-7-5-4-6-10(11)13-9-8-12(14)15-2/h4-9,13H,3H2,1-2H3/b9-8+. The van der Waals surface area contributed by atoms with Gasteiger partial charge in [0.2, 0.25) is 0 Å². The summed E-state index contributed by atoms with van der Waals surface area (Å²) in [6, 6.07) is 7.50. The molecule has 0 atom stereocenters. The van der Waals surface area contributed by atoms with Gasteiger partial charge in [-0.15, -0.1) is 0 Å². The second kappa shape index (κ2) is 6.50. The van der Waals surface area contributed by atoms with E-state index in [0.717, 1.165) is 11.4 Å². The van der Waals surface area contributed by atoms with E-state index in [2.05, 4.69) is 10.1 Å². The third-order valence-corrected chi connectivity index (χ3v) is 1.85. The summed E-state index contributed by atoms with van der Waals surface area (Å²) >= 11 is 0. The zero-order chi connectivity index (χ0) is 11.8. The Labute approximate surface area is 94.9 Å². The van der Waals surface area contributed by atoms with E-state index in [9.17, 15) is 4.79 Å². The van der Waals surface area contributed by atoms with Gasteiger partial charge in [0.1, 0.15) is 5.75 Å². The van der Waals surface area contributed by atoms with Crippen LogP contribution >= 0.6 is 0 Å². The van der Waals surface area contributed by atoms with Crippen LogP contribution in [0.25, 0.3) is 0 Å². The summed E-state index contributed by atoms with van der Waals surface area (Å²) in [5, 5.41) is 2.96. The van der Waals surface area contributed by atoms with Crippen molar-refractivity contribution in [2.24, 2.45) is 0 Å². The Hall–Kier alpha value is -1.97. The Morgan fingerprint density at radius 2 is 2.19 bits per heavy atom. The van der Waals surface area contributed by atoms with Crippen molar-refractivity contribution in [1.82, 2.24) is 0 Å². The van der Waals surface area contributed by atoms with Gasteiger partial charge in [0.05, 0.1) is 19.4 Å². The first-order valence-corrected chi connectivity index (χ1v) is 5.00. The second-order valence-electron chi connectivity index (χ2n) is 2.93. The van der Waals surface area contributed by atoms with Crippen LogP contribution in [0.15, 0.2) is 36.5 Å². The summed E-state index contributed by atoms with van der Waals surface area (Å²) in [4.78, 5) is 10.8. The van der Waals surface area contributed by atoms with Crippen LogP contribution in [0.3, 0.4) is 0 Å². The molecular weight excluding hydrogens is 206 g/mol. The van der Waals surface area contributed by atoms with Crippen molar-refractivity contribution in [2.45, 2.75) is 6.92 Å². The van der Waals surface area contributed by atoms with Crippen LogP contribution in [0.1, 0.15) is 6.92 Å². The predicted molar refractivity (Wildman–Crippen MR) is 62.4 cm³/mol. The number of methoxy groups -OCH3 is 1. The van der Waals surface area contributed by atoms with Crippen LogP contribution in [0.2, 0.25) is 0 Å². The van der Waals surface area contributed by atoms with Gasteiger partial charge < -0.3 is 14.8 Å². The number of rotatable bonds is 5. The van der Waals surface area contributed by atoms with Crippen LogP contribution in [0.5, 0.6) is 5.75 Å². The monoisotopic (exact) mass is 221 g/mol. The number of hydrogen-bond donors (Lipinski definition) is 1. The highest BCUT2D eigenvalue weighted by Crippen LogP contribution is 2.23. The van der Waals surface area contributed by atoms with Crippen molar-refractivity contribution in [3.63, 3.8) is 0 Å². The molecule has 0 heterocycles. The molecule has 0 spiro atoms. The maximum atomic E-state index is 10.8. The Bertz CT molecular complexity index is 374. The van der Waals surface area contributed by atoms with Crippen LogP contribution in [-0.2, 0) is 9.53 Å². The average molecular weight is 221 g/mol. The Morgan fingerprint density at radius 3 is 2.88 bits per heavy atom. The maximum Gasteiger partial charge on any atom is 0.331 e. The van der Waals surface area contributed by atoms with Gasteiger partial charge in [0.15, 0.2) is 0 Å². The molecule has 0 aliphatic heterocycles. The van der Waals surface area contributed by atoms with Gasteiger partial charge in [-0.3, -0.25) is 0 Å². The molecule has 0 radical (unpaired) electrons. The van der Waals surface area contributed by atoms with E-state index in [4.69, 9.17) is 4.74 Å². The zero-order valence-electron chi connectivity index (χ0n) is 9.40. The molecule has 0 bridgehead atoms. The second-order valence-corrected chi connectivity index (χ2v) is 2.93. The Morgan fingerprint density at radius 1 is 1.44 bits per heavy atom. The van der Waals surface area contributed by atoms with Crippen molar-refractivity contribution in [3.8, 4) is 5.75 Å². The lowest BCUT2D eigenvalue weighted by Gasteiger charge is -2.08. The predicted octanol–water partition coefficient (Wildman–Crippen LogP) is 2.18. The van der Waals surface area contributed by atoms with Gasteiger partial charge in [0.25, 0.3) is 0 Å². The molecule has 16 heavy (non-hydrogen) atoms. The fourth-order valence-corrected chi connectivity index (χ4v) is 1.13. The lowest BCUT2D eigenvalue weighted by Crippen LogP contribution is -1.99. The highest BCUT2D eigenvalue weighted by molar-refractivity contribution is 5.82. The largest absolute Gasteiger partial charge is 0.492 e. The van der Waals surface area contributed by atoms with Gasteiger partial charge in [-0.05, 0) is 19.1 Å². The zero-order valence-corrected chi connectivity index (χ0v) is 9.40. The smallest absolute Gasteiger partial charge is 0.331 e. The number of benzene rings is 1. The number of hydrogen-bond acceptors (Lipinski definition) is 4. The minimum Gasteiger partial charge on any atom is -0.492 e. The molecule has 0 aliphatic rings. The summed E-state index contributed by atoms with van der Waals surface area (Å²) in [7, 11) is 1.33. The van der Waals surface area contributed by atoms with E-state index in [0.29, 0.717) is 6.61 Å². The molecule has 0 fully saturated rings. The number of ether oxygens (including phenoxy) is 2. The third-order valence-electron chi connectivity index (χ3n) is 1.85. The van der Waals surface area contributed by atoms with Crippen molar-refractivity contribution >= 4 is 11.7 Å². The molecule has 0 aromatic heterocycles. The molecule has 4 nitrogen and oxygen atoms in total. The summed E-state index contributed by atoms with van der Waals surface area (Å²) in [6.45, 7) is 2.51. The molecule has 1 N–H and O–H groups in total. The lowest BCUT2D eigenvalue weighted by molar-refractivity contribution is -0.134. The Kier molecular flexibility index (Phi) is 4.92. The van der Waals surface area contributed by atoms with E-state index >= 15 is 0 Å². The topological polar surface area (TPSA) is 47.6 Å². The first-order valence-electron chi connectivity index (χ1n) is 5.00. The molecule has 1 aromatic carbocycles. The van der Waals surface area contributed by atoms with E-state index in [1.165, 1.54) is 19.4 Å². The van der Waals surface area contributed by atoms with Crippen molar-refractivity contribution in [2.75, 3.05) is 19.0 Å². The number of anilines is 1. The van der Waals surface area contributed by atoms with Crippen molar-refractivity contribution in [1.29, 1.82) is 0 Å². The highest BCUT2D eigenvalue weighted by atomic mass is 16.5. The summed E-state index contributed by atoms with van der Waals surface area (Å²) in [6.07, 6.45) is 2.83. The van der Waals surface area contributed by atoms with Crippen LogP contribution in [0.4, 0.5) is 5.69 Å². The number of para-hydroxylation sites is 2. The number of esters is 1. The minimum absolute atomic E-state index is 0.401. The molecule has 86 valence electrons. The quantitative estimate of drug-likeness (QED) is 0.611. The fraction of sp³-hybridized carbons (Fsp3) is 0.250. The molecule has 4 heteroatoms. The minimum atomic E-state index is -0.401. The molecule has 0 saturated carbocycles. The third kappa shape index (κ3) is 3.65. The number of carbonyl (C=O) groups is 1. The molecule has 1 rings (SSSR count). The lowest BCUT2D eigenvalue weighted by atomic mass is 10.3. The number of nitrogens with one attached hydrogen (secondary N) is 1. The first-order chi connectivity index (χ1) is 7.77. The molecule has 0 unspecified atom stereocenters. The van der Waals surface area contributed by atoms with E-state index in [-0.39, 0.29) is 0 Å². The normalized spacial score (nSPS) is 10.1. The number of carbonyl (C=O) groups excluding carboxylic acids is 1.